The summed E-state index contributed by atoms with van der Waals surface area (Å²) >= 11 is 0. The van der Waals surface area contributed by atoms with Gasteiger partial charge in [-0.3, -0.25) is 5.10 Å². The molecule has 0 aliphatic carbocycles. The predicted molar refractivity (Wildman–Crippen MR) is 59.7 cm³/mol. The molecule has 0 saturated carbocycles. The van der Waals surface area contributed by atoms with Crippen molar-refractivity contribution >= 4 is 5.69 Å². The third-order valence-corrected chi connectivity index (χ3v) is 2.36. The van der Waals surface area contributed by atoms with Crippen molar-refractivity contribution in [2.75, 3.05) is 12.8 Å². The first-order valence-electron chi connectivity index (χ1n) is 4.66. The van der Waals surface area contributed by atoms with Crippen molar-refractivity contribution in [3.05, 3.63) is 30.0 Å². The predicted octanol–water partition coefficient (Wildman–Crippen LogP) is 1.98. The van der Waals surface area contributed by atoms with Gasteiger partial charge in [-0.1, -0.05) is 0 Å². The monoisotopic (exact) mass is 203 g/mol. The molecular weight excluding hydrogens is 190 g/mol. The highest BCUT2D eigenvalue weighted by Gasteiger charge is 2.08. The summed E-state index contributed by atoms with van der Waals surface area (Å²) in [4.78, 5) is 0. The van der Waals surface area contributed by atoms with Gasteiger partial charge in [0, 0.05) is 17.4 Å². The van der Waals surface area contributed by atoms with E-state index in [1.807, 2.05) is 25.1 Å². The van der Waals surface area contributed by atoms with Crippen LogP contribution in [0.25, 0.3) is 11.3 Å². The summed E-state index contributed by atoms with van der Waals surface area (Å²) in [5, 5.41) is 6.78. The minimum absolute atomic E-state index is 0.720. The van der Waals surface area contributed by atoms with Crippen molar-refractivity contribution in [2.24, 2.45) is 0 Å². The van der Waals surface area contributed by atoms with Crippen molar-refractivity contribution in [3.8, 4) is 17.0 Å². The number of methoxy groups -OCH3 is 1. The molecule has 1 aromatic carbocycles. The number of aryl methyl sites for hydroxylation is 1. The second kappa shape index (κ2) is 3.65. The maximum Gasteiger partial charge on any atom is 0.122 e. The molecule has 0 fully saturated rings. The first-order chi connectivity index (χ1) is 7.22. The highest BCUT2D eigenvalue weighted by molar-refractivity contribution is 5.76. The number of aromatic nitrogens is 2. The van der Waals surface area contributed by atoms with Crippen LogP contribution < -0.4 is 10.5 Å². The van der Waals surface area contributed by atoms with Gasteiger partial charge in [-0.25, -0.2) is 0 Å². The van der Waals surface area contributed by atoms with E-state index in [1.54, 1.807) is 13.3 Å². The van der Waals surface area contributed by atoms with Crippen LogP contribution >= 0.6 is 0 Å². The molecule has 2 aromatic rings. The maximum atomic E-state index is 5.93. The Morgan fingerprint density at radius 2 is 2.20 bits per heavy atom. The lowest BCUT2D eigenvalue weighted by atomic mass is 10.1. The molecule has 0 unspecified atom stereocenters. The number of H-pyrrole nitrogens is 1. The van der Waals surface area contributed by atoms with Crippen LogP contribution in [0, 0.1) is 6.92 Å². The summed E-state index contributed by atoms with van der Waals surface area (Å²) in [6.07, 6.45) is 1.70. The molecule has 1 aromatic heterocycles. The fourth-order valence-corrected chi connectivity index (χ4v) is 1.57. The van der Waals surface area contributed by atoms with E-state index in [4.69, 9.17) is 10.5 Å². The second-order valence-corrected chi connectivity index (χ2v) is 3.38. The quantitative estimate of drug-likeness (QED) is 0.733. The SMILES string of the molecule is COc1cc(-c2ccn[nH]2)c(N)cc1C. The standard InChI is InChI=1S/C11H13N3O/c1-7-5-9(12)8(6-11(7)15-2)10-3-4-13-14-10/h3-6H,12H2,1-2H3,(H,13,14). The molecule has 0 saturated heterocycles. The van der Waals surface area contributed by atoms with E-state index < -0.39 is 0 Å². The largest absolute Gasteiger partial charge is 0.496 e. The topological polar surface area (TPSA) is 63.9 Å². The first-order valence-corrected chi connectivity index (χ1v) is 4.66. The van der Waals surface area contributed by atoms with Crippen molar-refractivity contribution in [1.29, 1.82) is 0 Å². The number of aromatic amines is 1. The zero-order valence-electron chi connectivity index (χ0n) is 8.74. The van der Waals surface area contributed by atoms with Gasteiger partial charge < -0.3 is 10.5 Å². The molecule has 0 amide bonds. The number of rotatable bonds is 2. The van der Waals surface area contributed by atoms with E-state index in [-0.39, 0.29) is 0 Å². The van der Waals surface area contributed by atoms with Gasteiger partial charge >= 0.3 is 0 Å². The molecule has 0 atom stereocenters. The van der Waals surface area contributed by atoms with Crippen LogP contribution in [0.1, 0.15) is 5.56 Å². The summed E-state index contributed by atoms with van der Waals surface area (Å²) in [6.45, 7) is 1.96. The van der Waals surface area contributed by atoms with Crippen molar-refractivity contribution in [2.45, 2.75) is 6.92 Å². The number of hydrogen-bond donors (Lipinski definition) is 2. The summed E-state index contributed by atoms with van der Waals surface area (Å²) < 4.78 is 5.25. The van der Waals surface area contributed by atoms with E-state index in [1.165, 1.54) is 0 Å². The number of nitrogens with two attached hydrogens (primary N) is 1. The van der Waals surface area contributed by atoms with Crippen LogP contribution in [0.15, 0.2) is 24.4 Å². The van der Waals surface area contributed by atoms with E-state index in [9.17, 15) is 0 Å². The minimum Gasteiger partial charge on any atom is -0.496 e. The van der Waals surface area contributed by atoms with Crippen LogP contribution in [-0.4, -0.2) is 17.3 Å². The average Bonchev–Trinajstić information content (AvgIpc) is 2.71. The highest BCUT2D eigenvalue weighted by Crippen LogP contribution is 2.31. The number of hydrogen-bond acceptors (Lipinski definition) is 3. The number of nitrogens with zero attached hydrogens (tertiary/aromatic N) is 1. The third-order valence-electron chi connectivity index (χ3n) is 2.36. The zero-order valence-corrected chi connectivity index (χ0v) is 8.74. The molecule has 0 aliphatic heterocycles. The normalized spacial score (nSPS) is 10.3. The number of nitrogens with one attached hydrogen (secondary N) is 1. The Bertz CT molecular complexity index is 463. The van der Waals surface area contributed by atoms with E-state index in [0.717, 1.165) is 28.3 Å². The average molecular weight is 203 g/mol. The second-order valence-electron chi connectivity index (χ2n) is 3.38. The molecule has 1 heterocycles. The molecule has 0 bridgehead atoms. The van der Waals surface area contributed by atoms with Crippen LogP contribution in [0.5, 0.6) is 5.75 Å². The lowest BCUT2D eigenvalue weighted by molar-refractivity contribution is 0.412. The molecule has 3 N–H and O–H groups in total. The number of anilines is 1. The Kier molecular flexibility index (Phi) is 2.33. The van der Waals surface area contributed by atoms with Crippen LogP contribution in [0.4, 0.5) is 5.69 Å². The van der Waals surface area contributed by atoms with E-state index >= 15 is 0 Å². The minimum atomic E-state index is 0.720. The summed E-state index contributed by atoms with van der Waals surface area (Å²) in [5.41, 5.74) is 9.49. The molecule has 4 heteroatoms. The fourth-order valence-electron chi connectivity index (χ4n) is 1.57. The van der Waals surface area contributed by atoms with Gasteiger partial charge in [0.1, 0.15) is 5.75 Å². The fraction of sp³-hybridized carbons (Fsp3) is 0.182. The van der Waals surface area contributed by atoms with Gasteiger partial charge in [0.25, 0.3) is 0 Å². The van der Waals surface area contributed by atoms with Gasteiger partial charge in [0.05, 0.1) is 12.8 Å². The lowest BCUT2D eigenvalue weighted by Crippen LogP contribution is -1.95. The van der Waals surface area contributed by atoms with Crippen LogP contribution in [-0.2, 0) is 0 Å². The molecule has 0 aliphatic rings. The van der Waals surface area contributed by atoms with Gasteiger partial charge in [-0.05, 0) is 30.7 Å². The summed E-state index contributed by atoms with van der Waals surface area (Å²) in [6, 6.07) is 5.69. The lowest BCUT2D eigenvalue weighted by Gasteiger charge is -2.09. The Morgan fingerprint density at radius 1 is 1.40 bits per heavy atom. The molecule has 2 rings (SSSR count). The third kappa shape index (κ3) is 1.66. The van der Waals surface area contributed by atoms with Gasteiger partial charge in [0.15, 0.2) is 0 Å². The molecule has 78 valence electrons. The summed E-state index contributed by atoms with van der Waals surface area (Å²) in [7, 11) is 1.65. The maximum absolute atomic E-state index is 5.93. The van der Waals surface area contributed by atoms with Gasteiger partial charge in [0.2, 0.25) is 0 Å². The Labute approximate surface area is 88.1 Å². The van der Waals surface area contributed by atoms with Crippen LogP contribution in [0.3, 0.4) is 0 Å². The van der Waals surface area contributed by atoms with E-state index in [0.29, 0.717) is 0 Å². The highest BCUT2D eigenvalue weighted by atomic mass is 16.5. The number of benzene rings is 1. The van der Waals surface area contributed by atoms with Gasteiger partial charge in [-0.2, -0.15) is 5.10 Å². The summed E-state index contributed by atoms with van der Waals surface area (Å²) in [5.74, 6) is 0.828. The molecule has 0 radical (unpaired) electrons. The molecule has 15 heavy (non-hydrogen) atoms. The molecule has 0 spiro atoms. The zero-order chi connectivity index (χ0) is 10.8. The molecular formula is C11H13N3O. The molecule has 4 nitrogen and oxygen atoms in total. The van der Waals surface area contributed by atoms with Gasteiger partial charge in [-0.15, -0.1) is 0 Å². The Morgan fingerprint density at radius 3 is 2.80 bits per heavy atom. The van der Waals surface area contributed by atoms with E-state index in [2.05, 4.69) is 10.2 Å². The smallest absolute Gasteiger partial charge is 0.122 e. The van der Waals surface area contributed by atoms with Crippen molar-refractivity contribution in [1.82, 2.24) is 10.2 Å². The first kappa shape index (κ1) is 9.58. The number of nitrogen functional groups attached to an aromatic ring is 1. The Hall–Kier alpha value is -1.97. The number of ether oxygens (including phenoxy) is 1. The van der Waals surface area contributed by atoms with Crippen molar-refractivity contribution < 1.29 is 4.74 Å². The van der Waals surface area contributed by atoms with Crippen molar-refractivity contribution in [3.63, 3.8) is 0 Å². The van der Waals surface area contributed by atoms with Crippen LogP contribution in [0.2, 0.25) is 0 Å². The Balaban J connectivity index is 2.57.